The van der Waals surface area contributed by atoms with Crippen molar-refractivity contribution in [1.82, 2.24) is 9.88 Å². The minimum atomic E-state index is -0.619. The summed E-state index contributed by atoms with van der Waals surface area (Å²) in [6.45, 7) is 7.75. The Labute approximate surface area is 134 Å². The number of hydrogen-bond acceptors (Lipinski definition) is 6. The van der Waals surface area contributed by atoms with Crippen molar-refractivity contribution in [2.24, 2.45) is 0 Å². The lowest BCUT2D eigenvalue weighted by molar-refractivity contribution is -0.145. The lowest BCUT2D eigenvalue weighted by Crippen LogP contribution is -2.43. The van der Waals surface area contributed by atoms with E-state index in [0.29, 0.717) is 13.0 Å². The van der Waals surface area contributed by atoms with Crippen LogP contribution in [0.4, 0.5) is 4.79 Å². The molecule has 7 heteroatoms. The Balaban J connectivity index is 2.18. The molecule has 2 rings (SSSR count). The minimum absolute atomic E-state index is 0.0292. The van der Waals surface area contributed by atoms with Gasteiger partial charge in [0.15, 0.2) is 0 Å². The molecule has 0 unspecified atom stereocenters. The van der Waals surface area contributed by atoms with Gasteiger partial charge in [-0.15, -0.1) is 11.3 Å². The van der Waals surface area contributed by atoms with Gasteiger partial charge >= 0.3 is 12.1 Å². The molecule has 0 N–H and O–H groups in total. The zero-order valence-corrected chi connectivity index (χ0v) is 14.4. The van der Waals surface area contributed by atoms with Gasteiger partial charge in [0, 0.05) is 17.8 Å². The van der Waals surface area contributed by atoms with Crippen LogP contribution in [0.25, 0.3) is 0 Å². The van der Waals surface area contributed by atoms with E-state index in [2.05, 4.69) is 4.98 Å². The second-order valence-electron chi connectivity index (χ2n) is 6.40. The van der Waals surface area contributed by atoms with Crippen LogP contribution < -0.4 is 0 Å². The molecule has 1 aliphatic rings. The molecule has 6 nitrogen and oxygen atoms in total. The fourth-order valence-electron chi connectivity index (χ4n) is 2.50. The summed E-state index contributed by atoms with van der Waals surface area (Å²) in [5, 5.41) is 2.95. The van der Waals surface area contributed by atoms with Crippen LogP contribution in [0.5, 0.6) is 0 Å². The van der Waals surface area contributed by atoms with Crippen LogP contribution in [-0.4, -0.2) is 47.2 Å². The largest absolute Gasteiger partial charge is 0.467 e. The van der Waals surface area contributed by atoms with Crippen molar-refractivity contribution >= 4 is 23.4 Å². The number of esters is 1. The summed E-state index contributed by atoms with van der Waals surface area (Å²) >= 11 is 1.56. The first kappa shape index (κ1) is 16.7. The van der Waals surface area contributed by atoms with Gasteiger partial charge in [0.1, 0.15) is 11.6 Å². The van der Waals surface area contributed by atoms with E-state index < -0.39 is 23.7 Å². The first-order valence-electron chi connectivity index (χ1n) is 7.20. The Kier molecular flexibility index (Phi) is 4.75. The summed E-state index contributed by atoms with van der Waals surface area (Å²) in [5.74, 6) is -0.387. The van der Waals surface area contributed by atoms with Gasteiger partial charge < -0.3 is 9.47 Å². The molecule has 0 bridgehead atoms. The summed E-state index contributed by atoms with van der Waals surface area (Å²) in [6.07, 6.45) is 0.0205. The highest BCUT2D eigenvalue weighted by Gasteiger charge is 2.43. The van der Waals surface area contributed by atoms with Crippen molar-refractivity contribution in [2.45, 2.75) is 51.7 Å². The number of methoxy groups -OCH3 is 1. The number of likely N-dealkylation sites (tertiary alicyclic amines) is 1. The van der Waals surface area contributed by atoms with Crippen LogP contribution in [0.15, 0.2) is 5.38 Å². The molecule has 122 valence electrons. The van der Waals surface area contributed by atoms with Crippen molar-refractivity contribution in [3.8, 4) is 0 Å². The maximum absolute atomic E-state index is 12.4. The highest BCUT2D eigenvalue weighted by Crippen LogP contribution is 2.33. The number of carbonyl (C=O) groups excluding carboxylic acids is 2. The average Bonchev–Trinajstić information content (AvgIpc) is 3.01. The smallest absolute Gasteiger partial charge is 0.411 e. The van der Waals surface area contributed by atoms with Gasteiger partial charge in [0.25, 0.3) is 0 Å². The number of carbonyl (C=O) groups is 2. The first-order valence-corrected chi connectivity index (χ1v) is 8.08. The number of ether oxygens (including phenoxy) is 2. The zero-order valence-electron chi connectivity index (χ0n) is 13.6. The fraction of sp³-hybridized carbons (Fsp3) is 0.667. The van der Waals surface area contributed by atoms with Crippen molar-refractivity contribution in [2.75, 3.05) is 13.7 Å². The van der Waals surface area contributed by atoms with E-state index in [9.17, 15) is 9.59 Å². The van der Waals surface area contributed by atoms with E-state index in [1.807, 2.05) is 12.3 Å². The molecule has 1 aliphatic heterocycles. The molecule has 0 aromatic carbocycles. The lowest BCUT2D eigenvalue weighted by Gasteiger charge is -2.27. The quantitative estimate of drug-likeness (QED) is 0.782. The molecule has 0 aliphatic carbocycles. The fourth-order valence-corrected chi connectivity index (χ4v) is 3.19. The molecule has 1 aromatic heterocycles. The van der Waals surface area contributed by atoms with Crippen LogP contribution in [0.2, 0.25) is 0 Å². The number of hydrogen-bond donors (Lipinski definition) is 0. The molecule has 1 fully saturated rings. The van der Waals surface area contributed by atoms with Gasteiger partial charge in [-0.2, -0.15) is 0 Å². The summed E-state index contributed by atoms with van der Waals surface area (Å²) in [4.78, 5) is 30.3. The molecule has 22 heavy (non-hydrogen) atoms. The summed E-state index contributed by atoms with van der Waals surface area (Å²) in [7, 11) is 1.33. The molecular weight excluding hydrogens is 304 g/mol. The molecular formula is C15H22N2O4S. The van der Waals surface area contributed by atoms with Crippen molar-refractivity contribution < 1.29 is 19.1 Å². The predicted molar refractivity (Wildman–Crippen MR) is 83.0 cm³/mol. The Bertz CT molecular complexity index is 564. The maximum Gasteiger partial charge on any atom is 0.411 e. The lowest BCUT2D eigenvalue weighted by atomic mass is 10.0. The summed E-state index contributed by atoms with van der Waals surface area (Å²) in [6, 6.07) is -0.619. The molecule has 1 amide bonds. The van der Waals surface area contributed by atoms with Crippen molar-refractivity contribution in [3.05, 3.63) is 16.1 Å². The topological polar surface area (TPSA) is 68.7 Å². The van der Waals surface area contributed by atoms with Crippen LogP contribution in [-0.2, 0) is 14.3 Å². The summed E-state index contributed by atoms with van der Waals surface area (Å²) < 4.78 is 10.2. The van der Waals surface area contributed by atoms with Crippen LogP contribution in [0.1, 0.15) is 43.8 Å². The van der Waals surface area contributed by atoms with Crippen LogP contribution in [0, 0.1) is 6.92 Å². The third-order valence-electron chi connectivity index (χ3n) is 3.46. The van der Waals surface area contributed by atoms with E-state index >= 15 is 0 Å². The van der Waals surface area contributed by atoms with E-state index in [0.717, 1.165) is 10.7 Å². The van der Waals surface area contributed by atoms with Crippen LogP contribution >= 0.6 is 11.3 Å². The second kappa shape index (κ2) is 6.24. The molecule has 0 radical (unpaired) electrons. The van der Waals surface area contributed by atoms with Crippen molar-refractivity contribution in [3.63, 3.8) is 0 Å². The molecule has 0 spiro atoms. The minimum Gasteiger partial charge on any atom is -0.467 e. The van der Waals surface area contributed by atoms with Crippen molar-refractivity contribution in [1.29, 1.82) is 0 Å². The third kappa shape index (κ3) is 3.76. The van der Waals surface area contributed by atoms with E-state index in [1.165, 1.54) is 12.0 Å². The van der Waals surface area contributed by atoms with Gasteiger partial charge in [-0.05, 0) is 34.1 Å². The number of thiazole rings is 1. The van der Waals surface area contributed by atoms with E-state index in [4.69, 9.17) is 9.47 Å². The van der Waals surface area contributed by atoms with Gasteiger partial charge in [0.2, 0.25) is 0 Å². The predicted octanol–water partition coefficient (Wildman–Crippen LogP) is 2.72. The van der Waals surface area contributed by atoms with E-state index in [-0.39, 0.29) is 5.92 Å². The Hall–Kier alpha value is -1.63. The number of aromatic nitrogens is 1. The standard InChI is InChI=1S/C15H22N2O4S/c1-9-16-11(8-22-9)10-6-12(13(18)20-5)17(7-10)14(19)21-15(2,3)4/h8,10,12H,6-7H2,1-5H3/t10-,12-/m1/s1. The van der Waals surface area contributed by atoms with Gasteiger partial charge in [0.05, 0.1) is 17.8 Å². The normalized spacial score (nSPS) is 21.8. The maximum atomic E-state index is 12.4. The highest BCUT2D eigenvalue weighted by atomic mass is 32.1. The summed E-state index contributed by atoms with van der Waals surface area (Å²) in [5.41, 5.74) is 0.315. The SMILES string of the molecule is COC(=O)[C@H]1C[C@@H](c2csc(C)n2)CN1C(=O)OC(C)(C)C. The first-order chi connectivity index (χ1) is 10.2. The number of aryl methyl sites for hydroxylation is 1. The molecule has 0 saturated carbocycles. The second-order valence-corrected chi connectivity index (χ2v) is 7.46. The number of amides is 1. The van der Waals surface area contributed by atoms with E-state index in [1.54, 1.807) is 32.1 Å². The van der Waals surface area contributed by atoms with Gasteiger partial charge in [-0.1, -0.05) is 0 Å². The number of nitrogens with zero attached hydrogens (tertiary/aromatic N) is 2. The monoisotopic (exact) mass is 326 g/mol. The third-order valence-corrected chi connectivity index (χ3v) is 4.25. The Morgan fingerprint density at radius 2 is 2.09 bits per heavy atom. The number of rotatable bonds is 2. The molecule has 1 saturated heterocycles. The Morgan fingerprint density at radius 1 is 1.41 bits per heavy atom. The molecule has 2 heterocycles. The van der Waals surface area contributed by atoms with Gasteiger partial charge in [-0.3, -0.25) is 4.90 Å². The van der Waals surface area contributed by atoms with Crippen LogP contribution in [0.3, 0.4) is 0 Å². The molecule has 2 atom stereocenters. The highest BCUT2D eigenvalue weighted by molar-refractivity contribution is 7.09. The zero-order chi connectivity index (χ0) is 16.5. The van der Waals surface area contributed by atoms with Gasteiger partial charge in [-0.25, -0.2) is 14.6 Å². The average molecular weight is 326 g/mol. The molecule has 1 aromatic rings. The Morgan fingerprint density at radius 3 is 2.59 bits per heavy atom.